The molecule has 1 saturated heterocycles. The van der Waals surface area contributed by atoms with E-state index in [-0.39, 0.29) is 25.3 Å². The van der Waals surface area contributed by atoms with Gasteiger partial charge in [0.25, 0.3) is 0 Å². The summed E-state index contributed by atoms with van der Waals surface area (Å²) in [7, 11) is 0. The number of nitrogens with one attached hydrogen (secondary N) is 1. The van der Waals surface area contributed by atoms with Crippen LogP contribution >= 0.6 is 0 Å². The van der Waals surface area contributed by atoms with E-state index in [1.165, 1.54) is 0 Å². The lowest BCUT2D eigenvalue weighted by atomic mass is 10.0. The minimum Gasteiger partial charge on any atom is -0.480 e. The first-order valence-electron chi connectivity index (χ1n) is 8.77. The molecule has 7 nitrogen and oxygen atoms in total. The molecule has 2 atom stereocenters. The van der Waals surface area contributed by atoms with Crippen LogP contribution < -0.4 is 5.32 Å². The molecule has 1 fully saturated rings. The second-order valence-electron chi connectivity index (χ2n) is 6.59. The average molecular weight is 367 g/mol. The second-order valence-corrected chi connectivity index (χ2v) is 6.59. The Morgan fingerprint density at radius 3 is 2.59 bits per heavy atom. The lowest BCUT2D eigenvalue weighted by Crippen LogP contribution is -2.45. The van der Waals surface area contributed by atoms with Crippen molar-refractivity contribution in [2.45, 2.75) is 25.4 Å². The highest BCUT2D eigenvalue weighted by molar-refractivity contribution is 5.91. The summed E-state index contributed by atoms with van der Waals surface area (Å²) in [6.07, 6.45) is 1.93. The minimum atomic E-state index is -1.10. The number of carbonyl (C=O) groups excluding carboxylic acids is 2. The molecule has 1 aliphatic heterocycles. The summed E-state index contributed by atoms with van der Waals surface area (Å²) in [4.78, 5) is 42.0. The summed E-state index contributed by atoms with van der Waals surface area (Å²) in [5, 5.41) is 12.0. The number of amides is 2. The lowest BCUT2D eigenvalue weighted by Gasteiger charge is -2.18. The van der Waals surface area contributed by atoms with Gasteiger partial charge in [0.05, 0.1) is 18.2 Å². The molecule has 7 heteroatoms. The van der Waals surface area contributed by atoms with Crippen molar-refractivity contribution in [3.8, 4) is 0 Å². The molecular formula is C20H21N3O4. The fraction of sp³-hybridized carbons (Fsp3) is 0.300. The van der Waals surface area contributed by atoms with E-state index < -0.39 is 23.8 Å². The summed E-state index contributed by atoms with van der Waals surface area (Å²) in [6.45, 7) is 0.606. The molecular weight excluding hydrogens is 346 g/mol. The monoisotopic (exact) mass is 367 g/mol. The van der Waals surface area contributed by atoms with Gasteiger partial charge in [-0.25, -0.2) is 4.79 Å². The van der Waals surface area contributed by atoms with E-state index in [0.29, 0.717) is 6.54 Å². The van der Waals surface area contributed by atoms with E-state index in [2.05, 4.69) is 10.3 Å². The Labute approximate surface area is 157 Å². The van der Waals surface area contributed by atoms with Gasteiger partial charge in [0.2, 0.25) is 11.8 Å². The number of carboxylic acid groups (broad SMARTS) is 1. The predicted octanol–water partition coefficient (Wildman–Crippen LogP) is 1.24. The van der Waals surface area contributed by atoms with Crippen LogP contribution in [0.1, 0.15) is 17.7 Å². The van der Waals surface area contributed by atoms with Gasteiger partial charge in [-0.05, 0) is 17.7 Å². The Morgan fingerprint density at radius 1 is 1.19 bits per heavy atom. The van der Waals surface area contributed by atoms with Gasteiger partial charge in [-0.15, -0.1) is 0 Å². The van der Waals surface area contributed by atoms with E-state index in [1.807, 2.05) is 42.5 Å². The lowest BCUT2D eigenvalue weighted by molar-refractivity contribution is -0.142. The number of likely N-dealkylation sites (tertiary alicyclic amines) is 1. The fourth-order valence-electron chi connectivity index (χ4n) is 3.13. The molecule has 1 aromatic heterocycles. The molecule has 0 spiro atoms. The zero-order valence-corrected chi connectivity index (χ0v) is 14.7. The molecule has 0 radical (unpaired) electrons. The maximum Gasteiger partial charge on any atom is 0.326 e. The van der Waals surface area contributed by atoms with Crippen LogP contribution in [0.25, 0.3) is 0 Å². The van der Waals surface area contributed by atoms with Crippen molar-refractivity contribution in [1.29, 1.82) is 0 Å². The van der Waals surface area contributed by atoms with Crippen LogP contribution in [0, 0.1) is 5.92 Å². The molecule has 2 N–H and O–H groups in total. The third-order valence-corrected chi connectivity index (χ3v) is 4.56. The van der Waals surface area contributed by atoms with Crippen molar-refractivity contribution in [1.82, 2.24) is 15.2 Å². The first-order chi connectivity index (χ1) is 13.0. The molecule has 1 aromatic carbocycles. The van der Waals surface area contributed by atoms with Crippen molar-refractivity contribution in [2.75, 3.05) is 6.54 Å². The second kappa shape index (κ2) is 8.44. The number of hydrogen-bond acceptors (Lipinski definition) is 4. The molecule has 0 aliphatic carbocycles. The van der Waals surface area contributed by atoms with Crippen LogP contribution in [0.2, 0.25) is 0 Å². The maximum absolute atomic E-state index is 12.5. The largest absolute Gasteiger partial charge is 0.480 e. The van der Waals surface area contributed by atoms with Gasteiger partial charge >= 0.3 is 5.97 Å². The number of carbonyl (C=O) groups is 3. The number of aromatic nitrogens is 1. The number of hydrogen-bond donors (Lipinski definition) is 2. The SMILES string of the molecule is O=C(N[C@H](Cc1ccccc1)C(=O)O)[C@H]1CC(=O)N(Cc2ccccn2)C1. The van der Waals surface area contributed by atoms with E-state index in [0.717, 1.165) is 11.3 Å². The number of pyridine rings is 1. The van der Waals surface area contributed by atoms with Crippen molar-refractivity contribution in [3.63, 3.8) is 0 Å². The third kappa shape index (κ3) is 4.91. The first-order valence-corrected chi connectivity index (χ1v) is 8.77. The Morgan fingerprint density at radius 2 is 1.93 bits per heavy atom. The Balaban J connectivity index is 1.59. The summed E-state index contributed by atoms with van der Waals surface area (Å²) < 4.78 is 0. The van der Waals surface area contributed by atoms with Crippen molar-refractivity contribution in [2.24, 2.45) is 5.92 Å². The molecule has 140 valence electrons. The van der Waals surface area contributed by atoms with E-state index in [1.54, 1.807) is 17.2 Å². The third-order valence-electron chi connectivity index (χ3n) is 4.56. The zero-order valence-electron chi connectivity index (χ0n) is 14.7. The Hall–Kier alpha value is -3.22. The topological polar surface area (TPSA) is 99.6 Å². The van der Waals surface area contributed by atoms with Crippen LogP contribution in [-0.4, -0.2) is 45.4 Å². The summed E-state index contributed by atoms with van der Waals surface area (Å²) in [6, 6.07) is 13.5. The van der Waals surface area contributed by atoms with Gasteiger partial charge in [0.1, 0.15) is 6.04 Å². The van der Waals surface area contributed by atoms with Crippen LogP contribution in [0.4, 0.5) is 0 Å². The van der Waals surface area contributed by atoms with Crippen LogP contribution in [0.3, 0.4) is 0 Å². The van der Waals surface area contributed by atoms with E-state index in [4.69, 9.17) is 0 Å². The van der Waals surface area contributed by atoms with Gasteiger partial charge in [-0.2, -0.15) is 0 Å². The normalized spacial score (nSPS) is 17.6. The van der Waals surface area contributed by atoms with Gasteiger partial charge in [0.15, 0.2) is 0 Å². The van der Waals surface area contributed by atoms with Crippen LogP contribution in [0.5, 0.6) is 0 Å². The standard InChI is InChI=1S/C20H21N3O4/c24-18-11-15(12-23(18)13-16-8-4-5-9-21-16)19(25)22-17(20(26)27)10-14-6-2-1-3-7-14/h1-9,15,17H,10-13H2,(H,22,25)(H,26,27)/t15-,17+/m0/s1. The van der Waals surface area contributed by atoms with E-state index in [9.17, 15) is 19.5 Å². The number of nitrogens with zero attached hydrogens (tertiary/aromatic N) is 2. The van der Waals surface area contributed by atoms with E-state index >= 15 is 0 Å². The molecule has 3 rings (SSSR count). The summed E-state index contributed by atoms with van der Waals surface area (Å²) in [5.74, 6) is -2.19. The van der Waals surface area contributed by atoms with Gasteiger partial charge in [-0.3, -0.25) is 14.6 Å². The average Bonchev–Trinajstić information content (AvgIpc) is 3.03. The molecule has 0 saturated carbocycles. The van der Waals surface area contributed by atoms with Crippen molar-refractivity contribution in [3.05, 3.63) is 66.0 Å². The maximum atomic E-state index is 12.5. The Bertz CT molecular complexity index is 810. The fourth-order valence-corrected chi connectivity index (χ4v) is 3.13. The highest BCUT2D eigenvalue weighted by Crippen LogP contribution is 2.20. The molecule has 27 heavy (non-hydrogen) atoms. The van der Waals surface area contributed by atoms with Gasteiger partial charge < -0.3 is 15.3 Å². The molecule has 2 amide bonds. The summed E-state index contributed by atoms with van der Waals surface area (Å²) in [5.41, 5.74) is 1.57. The van der Waals surface area contributed by atoms with Crippen LogP contribution in [-0.2, 0) is 27.3 Å². The highest BCUT2D eigenvalue weighted by Gasteiger charge is 2.36. The zero-order chi connectivity index (χ0) is 19.2. The van der Waals surface area contributed by atoms with Gasteiger partial charge in [-0.1, -0.05) is 36.4 Å². The Kier molecular flexibility index (Phi) is 5.80. The summed E-state index contributed by atoms with van der Waals surface area (Å²) >= 11 is 0. The number of aliphatic carboxylic acids is 1. The number of benzene rings is 1. The van der Waals surface area contributed by atoms with Gasteiger partial charge in [0, 0.05) is 25.6 Å². The smallest absolute Gasteiger partial charge is 0.326 e. The minimum absolute atomic E-state index is 0.0797. The molecule has 0 bridgehead atoms. The molecule has 0 unspecified atom stereocenters. The van der Waals surface area contributed by atoms with Crippen LogP contribution in [0.15, 0.2) is 54.7 Å². The molecule has 2 aromatic rings. The predicted molar refractivity (Wildman–Crippen MR) is 97.5 cm³/mol. The number of carboxylic acids is 1. The highest BCUT2D eigenvalue weighted by atomic mass is 16.4. The first kappa shape index (κ1) is 18.6. The van der Waals surface area contributed by atoms with Crippen molar-refractivity contribution >= 4 is 17.8 Å². The van der Waals surface area contributed by atoms with Crippen molar-refractivity contribution < 1.29 is 19.5 Å². The molecule has 1 aliphatic rings. The molecule has 2 heterocycles. The quantitative estimate of drug-likeness (QED) is 0.767. The number of rotatable bonds is 7.